The van der Waals surface area contributed by atoms with Gasteiger partial charge in [-0.15, -0.1) is 0 Å². The number of para-hydroxylation sites is 1. The lowest BCUT2D eigenvalue weighted by Gasteiger charge is -2.33. The van der Waals surface area contributed by atoms with Crippen molar-refractivity contribution in [3.05, 3.63) is 52.7 Å². The normalized spacial score (nSPS) is 15.0. The zero-order chi connectivity index (χ0) is 24.3. The van der Waals surface area contributed by atoms with Crippen LogP contribution in [0.5, 0.6) is 0 Å². The zero-order valence-corrected chi connectivity index (χ0v) is 19.9. The van der Waals surface area contributed by atoms with Crippen molar-refractivity contribution in [1.82, 2.24) is 38.9 Å². The fraction of sp³-hybridized carbons (Fsp3) is 0.375. The van der Waals surface area contributed by atoms with Crippen LogP contribution >= 0.6 is 0 Å². The number of rotatable bonds is 4. The zero-order valence-electron chi connectivity index (χ0n) is 19.9. The van der Waals surface area contributed by atoms with Gasteiger partial charge in [0.2, 0.25) is 0 Å². The molecule has 10 nitrogen and oxygen atoms in total. The van der Waals surface area contributed by atoms with Gasteiger partial charge in [-0.1, -0.05) is 6.07 Å². The number of aromatic amines is 1. The molecular weight excluding hydrogens is 449 g/mol. The van der Waals surface area contributed by atoms with Crippen LogP contribution in [0.15, 0.2) is 35.5 Å². The number of fused-ring (bicyclic) bond motifs is 2. The molecule has 1 fully saturated rings. The fourth-order valence-corrected chi connectivity index (χ4v) is 5.26. The number of piperidine rings is 1. The molecular formula is C24H26FN9O. The molecule has 0 aliphatic carbocycles. The van der Waals surface area contributed by atoms with Gasteiger partial charge in [-0.25, -0.2) is 24.1 Å². The van der Waals surface area contributed by atoms with Crippen LogP contribution in [0.25, 0.3) is 33.6 Å². The largest absolute Gasteiger partial charge is 0.355 e. The van der Waals surface area contributed by atoms with Crippen molar-refractivity contribution in [2.75, 3.05) is 18.0 Å². The van der Waals surface area contributed by atoms with Crippen molar-refractivity contribution < 1.29 is 4.39 Å². The number of hydrogen-bond donors (Lipinski definition) is 1. The van der Waals surface area contributed by atoms with Gasteiger partial charge in [-0.3, -0.25) is 9.25 Å². The first kappa shape index (κ1) is 21.5. The monoisotopic (exact) mass is 475 g/mol. The number of aromatic nitrogens is 8. The third-order valence-corrected chi connectivity index (χ3v) is 7.11. The van der Waals surface area contributed by atoms with E-state index in [-0.39, 0.29) is 17.2 Å². The molecule has 6 rings (SSSR count). The summed E-state index contributed by atoms with van der Waals surface area (Å²) in [6.45, 7) is 6.30. The molecule has 1 aromatic carbocycles. The maximum absolute atomic E-state index is 14.2. The van der Waals surface area contributed by atoms with Gasteiger partial charge in [0.1, 0.15) is 23.5 Å². The second kappa shape index (κ2) is 8.03. The maximum atomic E-state index is 14.2. The summed E-state index contributed by atoms with van der Waals surface area (Å²) in [5, 5.41) is 4.46. The van der Waals surface area contributed by atoms with Crippen LogP contribution < -0.4 is 10.6 Å². The highest BCUT2D eigenvalue weighted by atomic mass is 19.1. The van der Waals surface area contributed by atoms with Gasteiger partial charge < -0.3 is 14.5 Å². The lowest BCUT2D eigenvalue weighted by atomic mass is 10.0. The van der Waals surface area contributed by atoms with Gasteiger partial charge in [-0.05, 0) is 38.8 Å². The number of benzene rings is 1. The van der Waals surface area contributed by atoms with Crippen LogP contribution in [-0.4, -0.2) is 51.9 Å². The molecule has 4 aromatic heterocycles. The predicted octanol–water partition coefficient (Wildman–Crippen LogP) is 3.18. The van der Waals surface area contributed by atoms with E-state index in [1.54, 1.807) is 23.0 Å². The molecule has 0 amide bonds. The van der Waals surface area contributed by atoms with Crippen molar-refractivity contribution in [2.24, 2.45) is 7.05 Å². The van der Waals surface area contributed by atoms with Crippen molar-refractivity contribution in [2.45, 2.75) is 39.3 Å². The molecule has 0 unspecified atom stereocenters. The number of imidazole rings is 2. The first-order valence-corrected chi connectivity index (χ1v) is 11.8. The fourth-order valence-electron chi connectivity index (χ4n) is 5.26. The number of halogens is 1. The van der Waals surface area contributed by atoms with Gasteiger partial charge in [0, 0.05) is 38.4 Å². The highest BCUT2D eigenvalue weighted by molar-refractivity contribution is 5.87. The molecule has 35 heavy (non-hydrogen) atoms. The maximum Gasteiger partial charge on any atom is 0.326 e. The summed E-state index contributed by atoms with van der Waals surface area (Å²) in [6, 6.07) is 4.77. The molecule has 1 saturated heterocycles. The summed E-state index contributed by atoms with van der Waals surface area (Å²) in [6.07, 6.45) is 4.89. The minimum atomic E-state index is -0.412. The van der Waals surface area contributed by atoms with Crippen molar-refractivity contribution in [1.29, 1.82) is 0 Å². The highest BCUT2D eigenvalue weighted by Gasteiger charge is 2.27. The number of hydrogen-bond acceptors (Lipinski definition) is 6. The Morgan fingerprint density at radius 1 is 1.20 bits per heavy atom. The molecule has 180 valence electrons. The standard InChI is InChI=1S/C24H26FN9O/c1-4-33-14(2)16(12-28-33)21-29-20-22(31(21)3)26-13-27-23(20)32-10-8-15(9-11-32)34-18-7-5-6-17(25)19(18)30-24(34)35/h5-7,12-13,15H,4,8-11H2,1-3H3,(H,30,35). The van der Waals surface area contributed by atoms with E-state index in [2.05, 4.69) is 31.9 Å². The van der Waals surface area contributed by atoms with Gasteiger partial charge in [0.25, 0.3) is 0 Å². The van der Waals surface area contributed by atoms with E-state index in [0.717, 1.165) is 53.4 Å². The molecule has 11 heteroatoms. The van der Waals surface area contributed by atoms with E-state index in [1.807, 2.05) is 29.4 Å². The lowest BCUT2D eigenvalue weighted by Crippen LogP contribution is -2.37. The number of nitrogens with zero attached hydrogens (tertiary/aromatic N) is 8. The van der Waals surface area contributed by atoms with Crippen molar-refractivity contribution in [3.8, 4) is 11.4 Å². The molecule has 5 heterocycles. The SMILES string of the molecule is CCn1ncc(-c2nc3c(N4CCC(n5c(=O)[nH]c6c(F)cccc65)CC4)ncnc3n2C)c1C. The van der Waals surface area contributed by atoms with E-state index < -0.39 is 5.82 Å². The van der Waals surface area contributed by atoms with Gasteiger partial charge in [0.05, 0.1) is 17.3 Å². The quantitative estimate of drug-likeness (QED) is 0.428. The molecule has 1 aliphatic heterocycles. The Kier molecular flexibility index (Phi) is 4.94. The average molecular weight is 476 g/mol. The molecule has 0 saturated carbocycles. The van der Waals surface area contributed by atoms with E-state index in [1.165, 1.54) is 6.07 Å². The number of aryl methyl sites for hydroxylation is 2. The van der Waals surface area contributed by atoms with Crippen LogP contribution in [0.4, 0.5) is 10.2 Å². The summed E-state index contributed by atoms with van der Waals surface area (Å²) < 4.78 is 19.8. The molecule has 0 atom stereocenters. The minimum Gasteiger partial charge on any atom is -0.355 e. The Morgan fingerprint density at radius 2 is 2.00 bits per heavy atom. The lowest BCUT2D eigenvalue weighted by molar-refractivity contribution is 0.395. The molecule has 1 N–H and O–H groups in total. The van der Waals surface area contributed by atoms with Gasteiger partial charge >= 0.3 is 5.69 Å². The first-order chi connectivity index (χ1) is 17.0. The van der Waals surface area contributed by atoms with Crippen molar-refractivity contribution in [3.63, 3.8) is 0 Å². The summed E-state index contributed by atoms with van der Waals surface area (Å²) in [4.78, 5) is 31.5. The smallest absolute Gasteiger partial charge is 0.326 e. The van der Waals surface area contributed by atoms with Crippen LogP contribution in [0.2, 0.25) is 0 Å². The third-order valence-electron chi connectivity index (χ3n) is 7.11. The van der Waals surface area contributed by atoms with Crippen LogP contribution in [0, 0.1) is 12.7 Å². The molecule has 0 spiro atoms. The van der Waals surface area contributed by atoms with Gasteiger partial charge in [0.15, 0.2) is 17.0 Å². The summed E-state index contributed by atoms with van der Waals surface area (Å²) >= 11 is 0. The number of anilines is 1. The Bertz CT molecular complexity index is 1620. The van der Waals surface area contributed by atoms with E-state index in [0.29, 0.717) is 18.6 Å². The van der Waals surface area contributed by atoms with E-state index >= 15 is 0 Å². The summed E-state index contributed by atoms with van der Waals surface area (Å²) in [7, 11) is 1.96. The molecule has 5 aromatic rings. The minimum absolute atomic E-state index is 0.0200. The Hall–Kier alpha value is -4.02. The van der Waals surface area contributed by atoms with E-state index in [9.17, 15) is 9.18 Å². The van der Waals surface area contributed by atoms with Crippen LogP contribution in [0.1, 0.15) is 31.5 Å². The number of nitrogens with one attached hydrogen (secondary N) is 1. The van der Waals surface area contributed by atoms with Crippen molar-refractivity contribution >= 4 is 28.0 Å². The summed E-state index contributed by atoms with van der Waals surface area (Å²) in [5.74, 6) is 1.18. The number of H-pyrrole nitrogens is 1. The summed E-state index contributed by atoms with van der Waals surface area (Å²) in [5.41, 5.74) is 4.14. The predicted molar refractivity (Wildman–Crippen MR) is 131 cm³/mol. The molecule has 0 radical (unpaired) electrons. The van der Waals surface area contributed by atoms with Crippen LogP contribution in [-0.2, 0) is 13.6 Å². The topological polar surface area (TPSA) is 102 Å². The second-order valence-electron chi connectivity index (χ2n) is 8.98. The first-order valence-electron chi connectivity index (χ1n) is 11.8. The Balaban J connectivity index is 1.32. The highest BCUT2D eigenvalue weighted by Crippen LogP contribution is 2.32. The second-order valence-corrected chi connectivity index (χ2v) is 8.98. The van der Waals surface area contributed by atoms with E-state index in [4.69, 9.17) is 4.98 Å². The third kappa shape index (κ3) is 3.25. The van der Waals surface area contributed by atoms with Crippen LogP contribution in [0.3, 0.4) is 0 Å². The Morgan fingerprint density at radius 3 is 2.74 bits per heavy atom. The molecule has 0 bridgehead atoms. The average Bonchev–Trinajstić information content (AvgIpc) is 3.52. The molecule has 1 aliphatic rings. The van der Waals surface area contributed by atoms with Gasteiger partial charge in [-0.2, -0.15) is 5.10 Å². The Labute approximate surface area is 200 Å².